The van der Waals surface area contributed by atoms with Crippen molar-refractivity contribution in [3.63, 3.8) is 0 Å². The van der Waals surface area contributed by atoms with Crippen molar-refractivity contribution in [2.45, 2.75) is 45.8 Å². The maximum absolute atomic E-state index is 12.6. The number of rotatable bonds is 8. The average molecular weight is 390 g/mol. The van der Waals surface area contributed by atoms with Gasteiger partial charge in [-0.05, 0) is 37.8 Å². The van der Waals surface area contributed by atoms with Crippen molar-refractivity contribution in [3.05, 3.63) is 24.3 Å². The van der Waals surface area contributed by atoms with Gasteiger partial charge in [-0.1, -0.05) is 13.8 Å². The second-order valence-electron chi connectivity index (χ2n) is 7.23. The highest BCUT2D eigenvalue weighted by Crippen LogP contribution is 2.24. The minimum absolute atomic E-state index is 0.0683. The number of hydrogen-bond donors (Lipinski definition) is 1. The first-order valence-electron chi connectivity index (χ1n) is 8.94. The first kappa shape index (κ1) is 19.6. The number of furan rings is 1. The normalized spacial score (nSPS) is 19.4. The summed E-state index contributed by atoms with van der Waals surface area (Å²) < 4.78 is 15.5. The molecule has 10 heteroatoms. The maximum atomic E-state index is 12.6. The van der Waals surface area contributed by atoms with Crippen LogP contribution in [0, 0.1) is 5.92 Å². The van der Waals surface area contributed by atoms with Gasteiger partial charge >= 0.3 is 12.0 Å². The van der Waals surface area contributed by atoms with Gasteiger partial charge in [-0.3, -0.25) is 14.5 Å². The molecule has 150 valence electrons. The summed E-state index contributed by atoms with van der Waals surface area (Å²) in [6, 6.07) is 2.72. The van der Waals surface area contributed by atoms with E-state index < -0.39 is 30.0 Å². The van der Waals surface area contributed by atoms with Crippen LogP contribution in [0.4, 0.5) is 4.79 Å². The number of nitrogens with zero attached hydrogens (tertiary/aromatic N) is 3. The molecule has 2 aromatic heterocycles. The summed E-state index contributed by atoms with van der Waals surface area (Å²) >= 11 is 0. The Morgan fingerprint density at radius 2 is 2.14 bits per heavy atom. The fourth-order valence-electron chi connectivity index (χ4n) is 2.77. The van der Waals surface area contributed by atoms with Crippen molar-refractivity contribution in [2.24, 2.45) is 5.92 Å². The molecule has 1 fully saturated rings. The molecule has 0 radical (unpaired) electrons. The fraction of sp³-hybridized carbons (Fsp3) is 0.500. The lowest BCUT2D eigenvalue weighted by molar-refractivity contribution is -0.149. The van der Waals surface area contributed by atoms with Crippen molar-refractivity contribution in [3.8, 4) is 11.7 Å². The Kier molecular flexibility index (Phi) is 5.48. The Balaban J connectivity index is 1.53. The van der Waals surface area contributed by atoms with Gasteiger partial charge in [0.25, 0.3) is 17.7 Å². The Bertz CT molecular complexity index is 859. The van der Waals surface area contributed by atoms with E-state index in [4.69, 9.17) is 13.6 Å². The first-order chi connectivity index (χ1) is 13.3. The largest absolute Gasteiger partial charge is 0.459 e. The van der Waals surface area contributed by atoms with Crippen LogP contribution >= 0.6 is 0 Å². The van der Waals surface area contributed by atoms with E-state index in [9.17, 15) is 14.4 Å². The molecule has 10 nitrogen and oxygen atoms in total. The molecule has 3 rings (SSSR count). The number of nitrogens with one attached hydrogen (secondary N) is 1. The average Bonchev–Trinajstić information content (AvgIpc) is 3.36. The van der Waals surface area contributed by atoms with Crippen LogP contribution in [0.5, 0.6) is 0 Å². The molecule has 0 unspecified atom stereocenters. The highest BCUT2D eigenvalue weighted by atomic mass is 16.5. The molecule has 1 aliphatic rings. The van der Waals surface area contributed by atoms with E-state index in [-0.39, 0.29) is 18.4 Å². The van der Waals surface area contributed by atoms with Crippen LogP contribution in [0.2, 0.25) is 0 Å². The van der Waals surface area contributed by atoms with Crippen LogP contribution in [0.15, 0.2) is 27.2 Å². The Hall–Kier alpha value is -3.17. The molecule has 3 amide bonds. The summed E-state index contributed by atoms with van der Waals surface area (Å²) in [6.07, 6.45) is 2.74. The molecule has 0 aliphatic carbocycles. The number of aromatic nitrogens is 2. The lowest BCUT2D eigenvalue weighted by Crippen LogP contribution is -2.44. The van der Waals surface area contributed by atoms with Crippen LogP contribution in [0.25, 0.3) is 11.7 Å². The van der Waals surface area contributed by atoms with Crippen molar-refractivity contribution in [1.82, 2.24) is 20.4 Å². The standard InChI is InChI=1S/C18H22N4O6/c1-11(2)6-7-18(3)16(24)22(17(25)19-18)9-14(23)27-10-13-20-21-15(28-13)12-5-4-8-26-12/h4-5,8,11H,6-7,9-10H2,1-3H3,(H,19,25)/t18-/m1/s1. The summed E-state index contributed by atoms with van der Waals surface area (Å²) in [4.78, 5) is 37.6. The summed E-state index contributed by atoms with van der Waals surface area (Å²) in [7, 11) is 0. The predicted octanol–water partition coefficient (Wildman–Crippen LogP) is 2.12. The SMILES string of the molecule is CC(C)CC[C@@]1(C)NC(=O)N(CC(=O)OCc2nnc(-c3ccco3)o2)C1=O. The third-order valence-electron chi connectivity index (χ3n) is 4.41. The monoisotopic (exact) mass is 390 g/mol. The molecule has 0 spiro atoms. The van der Waals surface area contributed by atoms with Gasteiger partial charge in [0.05, 0.1) is 6.26 Å². The van der Waals surface area contributed by atoms with Gasteiger partial charge in [0.15, 0.2) is 12.4 Å². The number of imide groups is 1. The number of urea groups is 1. The molecule has 1 saturated heterocycles. The Morgan fingerprint density at radius 1 is 1.36 bits per heavy atom. The third kappa shape index (κ3) is 4.21. The third-order valence-corrected chi connectivity index (χ3v) is 4.41. The summed E-state index contributed by atoms with van der Waals surface area (Å²) in [5.74, 6) is -0.182. The second kappa shape index (κ2) is 7.83. The smallest absolute Gasteiger partial charge is 0.326 e. The minimum Gasteiger partial charge on any atom is -0.459 e. The molecule has 0 aromatic carbocycles. The Morgan fingerprint density at radius 3 is 2.82 bits per heavy atom. The van der Waals surface area contributed by atoms with Crippen molar-refractivity contribution in [1.29, 1.82) is 0 Å². The summed E-state index contributed by atoms with van der Waals surface area (Å²) in [5, 5.41) is 10.2. The molecule has 1 atom stereocenters. The van der Waals surface area contributed by atoms with Gasteiger partial charge in [-0.25, -0.2) is 4.79 Å². The molecule has 1 N–H and O–H groups in total. The minimum atomic E-state index is -1.01. The highest BCUT2D eigenvalue weighted by Gasteiger charge is 2.48. The van der Waals surface area contributed by atoms with Gasteiger partial charge in [0.2, 0.25) is 0 Å². The predicted molar refractivity (Wildman–Crippen MR) is 94.5 cm³/mol. The lowest BCUT2D eigenvalue weighted by atomic mass is 9.92. The van der Waals surface area contributed by atoms with Crippen LogP contribution in [-0.2, 0) is 20.9 Å². The number of hydrogen-bond acceptors (Lipinski definition) is 8. The van der Waals surface area contributed by atoms with Gasteiger partial charge in [0, 0.05) is 0 Å². The first-order valence-corrected chi connectivity index (χ1v) is 8.94. The van der Waals surface area contributed by atoms with Gasteiger partial charge in [-0.2, -0.15) is 0 Å². The molecule has 3 heterocycles. The van der Waals surface area contributed by atoms with Crippen molar-refractivity contribution < 1.29 is 28.0 Å². The van der Waals surface area contributed by atoms with E-state index >= 15 is 0 Å². The second-order valence-corrected chi connectivity index (χ2v) is 7.23. The van der Waals surface area contributed by atoms with E-state index in [2.05, 4.69) is 15.5 Å². The van der Waals surface area contributed by atoms with Crippen LogP contribution in [-0.4, -0.2) is 45.1 Å². The number of esters is 1. The van der Waals surface area contributed by atoms with Gasteiger partial charge in [0.1, 0.15) is 12.1 Å². The number of amides is 3. The van der Waals surface area contributed by atoms with E-state index in [0.29, 0.717) is 18.1 Å². The van der Waals surface area contributed by atoms with Gasteiger partial charge < -0.3 is 18.9 Å². The highest BCUT2D eigenvalue weighted by molar-refractivity contribution is 6.08. The summed E-state index contributed by atoms with van der Waals surface area (Å²) in [6.45, 7) is 4.97. The fourth-order valence-corrected chi connectivity index (χ4v) is 2.77. The molecule has 1 aliphatic heterocycles. The quantitative estimate of drug-likeness (QED) is 0.536. The molecule has 28 heavy (non-hydrogen) atoms. The Labute approximate surface area is 161 Å². The zero-order valence-corrected chi connectivity index (χ0v) is 15.9. The molecular formula is C18H22N4O6. The zero-order valence-electron chi connectivity index (χ0n) is 15.9. The van der Waals surface area contributed by atoms with Crippen LogP contribution in [0.3, 0.4) is 0 Å². The van der Waals surface area contributed by atoms with Crippen molar-refractivity contribution in [2.75, 3.05) is 6.54 Å². The number of carbonyl (C=O) groups is 3. The molecule has 0 saturated carbocycles. The lowest BCUT2D eigenvalue weighted by Gasteiger charge is -2.22. The van der Waals surface area contributed by atoms with E-state index in [0.717, 1.165) is 11.3 Å². The van der Waals surface area contributed by atoms with Crippen LogP contribution in [0.1, 0.15) is 39.5 Å². The number of carbonyl (C=O) groups excluding carboxylic acids is 3. The topological polar surface area (TPSA) is 128 Å². The van der Waals surface area contributed by atoms with E-state index in [1.807, 2.05) is 13.8 Å². The van der Waals surface area contributed by atoms with E-state index in [1.54, 1.807) is 19.1 Å². The molecule has 2 aromatic rings. The number of ether oxygens (including phenoxy) is 1. The molecule has 0 bridgehead atoms. The molecular weight excluding hydrogens is 368 g/mol. The van der Waals surface area contributed by atoms with Gasteiger partial charge in [-0.15, -0.1) is 10.2 Å². The zero-order chi connectivity index (χ0) is 20.3. The maximum Gasteiger partial charge on any atom is 0.326 e. The van der Waals surface area contributed by atoms with Crippen LogP contribution < -0.4 is 5.32 Å². The van der Waals surface area contributed by atoms with E-state index in [1.165, 1.54) is 6.26 Å². The summed E-state index contributed by atoms with van der Waals surface area (Å²) in [5.41, 5.74) is -1.01. The van der Waals surface area contributed by atoms with Crippen molar-refractivity contribution >= 4 is 17.9 Å².